The van der Waals surface area contributed by atoms with Crippen molar-refractivity contribution in [2.75, 3.05) is 10.6 Å². The number of fused-ring (bicyclic) bond motifs is 5. The lowest BCUT2D eigenvalue weighted by molar-refractivity contribution is 0.674. The molecule has 1 heterocycles. The van der Waals surface area contributed by atoms with Gasteiger partial charge in [-0.05, 0) is 116 Å². The first-order chi connectivity index (χ1) is 38.9. The van der Waals surface area contributed by atoms with Gasteiger partial charge in [-0.1, -0.05) is 170 Å². The molecule has 3 nitrogen and oxygen atoms in total. The Labute approximate surface area is 384 Å². The Hall–Kier alpha value is -8.14. The van der Waals surface area contributed by atoms with Crippen LogP contribution in [-0.4, -0.2) is 0 Å². The van der Waals surface area contributed by atoms with Gasteiger partial charge in [-0.15, -0.1) is 0 Å². The van der Waals surface area contributed by atoms with Crippen LogP contribution in [0.4, 0.5) is 22.7 Å². The first kappa shape index (κ1) is 20.2. The van der Waals surface area contributed by atoms with Crippen LogP contribution in [0, 0.1) is 0 Å². The Bertz CT molecular complexity index is 4350. The number of nitrogens with two attached hydrogens (primary N) is 1. The summed E-state index contributed by atoms with van der Waals surface area (Å²) in [5, 5.41) is 2.35. The summed E-state index contributed by atoms with van der Waals surface area (Å²) in [7, 11) is 0. The normalized spacial score (nSPS) is 16.2. The summed E-state index contributed by atoms with van der Waals surface area (Å²) in [5.41, 5.74) is 2.85. The van der Waals surface area contributed by atoms with Gasteiger partial charge in [0.25, 0.3) is 0 Å². The molecule has 11 rings (SSSR count). The number of nitrogen functional groups attached to an aromatic ring is 1. The molecule has 0 saturated carbocycles. The van der Waals surface area contributed by atoms with E-state index in [0.29, 0.717) is 37.8 Å². The quantitative estimate of drug-likeness (QED) is 0.156. The molecule has 0 aliphatic carbocycles. The first-order valence-corrected chi connectivity index (χ1v) is 19.0. The van der Waals surface area contributed by atoms with Crippen LogP contribution in [0.5, 0.6) is 0 Å². The van der Waals surface area contributed by atoms with E-state index in [4.69, 9.17) is 22.5 Å². The van der Waals surface area contributed by atoms with Crippen molar-refractivity contribution in [3.63, 3.8) is 0 Å². The van der Waals surface area contributed by atoms with E-state index < -0.39 is 172 Å². The molecule has 61 heavy (non-hydrogen) atoms. The van der Waals surface area contributed by atoms with Crippen LogP contribution in [0.15, 0.2) is 234 Å². The van der Waals surface area contributed by atoms with Gasteiger partial charge in [0.05, 0.1) is 28.8 Å². The summed E-state index contributed by atoms with van der Waals surface area (Å²) in [6.45, 7) is 0. The van der Waals surface area contributed by atoms with Crippen molar-refractivity contribution in [2.45, 2.75) is 0 Å². The summed E-state index contributed by atoms with van der Waals surface area (Å²) in [4.78, 5) is 0.560. The number of anilines is 4. The maximum absolute atomic E-state index is 10.3. The maximum atomic E-state index is 10.3. The number of rotatable bonds is 8. The van der Waals surface area contributed by atoms with Crippen molar-refractivity contribution in [2.24, 2.45) is 0 Å². The van der Waals surface area contributed by atoms with Gasteiger partial charge < -0.3 is 15.1 Å². The molecule has 0 radical (unpaired) electrons. The van der Waals surface area contributed by atoms with Gasteiger partial charge in [0.2, 0.25) is 0 Å². The zero-order valence-electron chi connectivity index (χ0n) is 52.7. The lowest BCUT2D eigenvalue weighted by Gasteiger charge is -2.26. The Kier molecular flexibility index (Phi) is 5.05. The van der Waals surface area contributed by atoms with Crippen molar-refractivity contribution in [3.05, 3.63) is 230 Å². The molecular formula is C58H40N2O. The van der Waals surface area contributed by atoms with Crippen LogP contribution in [-0.2, 0) is 0 Å². The van der Waals surface area contributed by atoms with E-state index in [1.807, 2.05) is 91.0 Å². The van der Waals surface area contributed by atoms with Gasteiger partial charge in [0.15, 0.2) is 0 Å². The summed E-state index contributed by atoms with van der Waals surface area (Å²) >= 11 is 0. The minimum atomic E-state index is -1.11. The smallest absolute Gasteiger partial charge is 0.143 e. The topological polar surface area (TPSA) is 42.4 Å². The molecular weight excluding hydrogens is 741 g/mol. The highest BCUT2D eigenvalue weighted by molar-refractivity contribution is 6.24. The number of hydrogen-bond donors (Lipinski definition) is 1. The lowest BCUT2D eigenvalue weighted by atomic mass is 9.91. The molecule has 2 N–H and O–H groups in total. The third-order valence-corrected chi connectivity index (χ3v) is 10.2. The Balaban J connectivity index is 1.30. The van der Waals surface area contributed by atoms with E-state index in [1.165, 1.54) is 0 Å². The summed E-state index contributed by atoms with van der Waals surface area (Å²) in [6.07, 6.45) is 0. The van der Waals surface area contributed by atoms with Crippen LogP contribution in [0.2, 0.25) is 0 Å². The third-order valence-electron chi connectivity index (χ3n) is 10.2. The average molecular weight is 802 g/mol. The molecule has 0 saturated heterocycles. The standard InChI is InChI=1S/C58H40N2O/c59-46-29-23-40(24-30-46)42-27-33-48(34-28-42)60(47-31-25-41(26-32-47)39-13-4-1-5-14-39)49-20-12-19-45(37-49)50-35-36-51(43-15-6-2-7-16-43)58-56(50)55-38-54(44-17-8-3-9-18-44)52-21-10-11-22-53(52)57(55)61-58/h1-38H,59H2/i1D,4D,5D,12D,13D,14D,19D,20D,23D,24D,25D,26D,27D,28D,29D,30D,31D,32D,33D,34D,37D. The number of benzene rings is 10. The molecule has 288 valence electrons. The van der Waals surface area contributed by atoms with Crippen molar-refractivity contribution < 1.29 is 33.2 Å². The minimum Gasteiger partial charge on any atom is -0.455 e. The average Bonchev–Trinajstić information content (AvgIpc) is 3.03. The zero-order valence-corrected chi connectivity index (χ0v) is 31.7. The molecule has 0 bridgehead atoms. The Morgan fingerprint density at radius 3 is 1.54 bits per heavy atom. The van der Waals surface area contributed by atoms with Crippen molar-refractivity contribution in [1.29, 1.82) is 0 Å². The van der Waals surface area contributed by atoms with Gasteiger partial charge in [-0.25, -0.2) is 0 Å². The first-order valence-electron chi connectivity index (χ1n) is 29.5. The summed E-state index contributed by atoms with van der Waals surface area (Å²) in [6, 6.07) is 12.0. The van der Waals surface area contributed by atoms with Crippen LogP contribution in [0.1, 0.15) is 28.8 Å². The fraction of sp³-hybridized carbons (Fsp3) is 0. The predicted octanol–water partition coefficient (Wildman–Crippen LogP) is 16.1. The molecule has 0 amide bonds. The van der Waals surface area contributed by atoms with Gasteiger partial charge in [-0.2, -0.15) is 0 Å². The highest BCUT2D eigenvalue weighted by Crippen LogP contribution is 2.47. The van der Waals surface area contributed by atoms with Gasteiger partial charge in [0.1, 0.15) is 11.2 Å². The van der Waals surface area contributed by atoms with E-state index in [9.17, 15) is 16.4 Å². The number of furan rings is 1. The highest BCUT2D eigenvalue weighted by atomic mass is 16.3. The van der Waals surface area contributed by atoms with E-state index >= 15 is 0 Å². The molecule has 3 heteroatoms. The second-order valence-electron chi connectivity index (χ2n) is 13.8. The summed E-state index contributed by atoms with van der Waals surface area (Å²) in [5.74, 6) is 0. The molecule has 1 aromatic heterocycles. The SMILES string of the molecule is [2H]c1c([2H])c([2H])c(-c2c([2H])c([2H])c(N(c3c([2H])c([2H])c(-c4c([2H])c([2H])c(N)c([2H])c4[2H])c([2H])c3[2H])c3c([2H])c([2H])c([2H])c(-c4ccc(-c5ccccc5)c5oc6c7ccccc7c(-c7ccccc7)cc6c45)c3[2H])c([2H])c2[2H])c([2H])c1[2H]. The van der Waals surface area contributed by atoms with E-state index in [2.05, 4.69) is 0 Å². The second-order valence-corrected chi connectivity index (χ2v) is 13.8. The van der Waals surface area contributed by atoms with Crippen LogP contribution in [0.3, 0.4) is 0 Å². The highest BCUT2D eigenvalue weighted by Gasteiger charge is 2.22. The van der Waals surface area contributed by atoms with Crippen LogP contribution in [0.25, 0.3) is 88.3 Å². The van der Waals surface area contributed by atoms with Gasteiger partial charge >= 0.3 is 0 Å². The second kappa shape index (κ2) is 15.2. The minimum absolute atomic E-state index is 0.0881. The molecule has 0 unspecified atom stereocenters. The van der Waals surface area contributed by atoms with Crippen molar-refractivity contribution in [1.82, 2.24) is 0 Å². The van der Waals surface area contributed by atoms with E-state index in [-0.39, 0.29) is 16.7 Å². The molecule has 10 aromatic carbocycles. The van der Waals surface area contributed by atoms with Gasteiger partial charge in [0, 0.05) is 44.5 Å². The number of nitrogens with zero attached hydrogens (tertiary/aromatic N) is 1. The summed E-state index contributed by atoms with van der Waals surface area (Å²) < 4.78 is 199. The van der Waals surface area contributed by atoms with Crippen molar-refractivity contribution >= 4 is 55.5 Å². The lowest BCUT2D eigenvalue weighted by Crippen LogP contribution is -2.10. The maximum Gasteiger partial charge on any atom is 0.143 e. The van der Waals surface area contributed by atoms with Crippen LogP contribution < -0.4 is 10.6 Å². The Morgan fingerprint density at radius 2 is 0.902 bits per heavy atom. The molecule has 0 aliphatic rings. The zero-order chi connectivity index (χ0) is 59.0. The fourth-order valence-corrected chi connectivity index (χ4v) is 7.44. The third kappa shape index (κ3) is 6.59. The number of hydrogen-bond acceptors (Lipinski definition) is 3. The van der Waals surface area contributed by atoms with Crippen molar-refractivity contribution in [3.8, 4) is 55.6 Å². The largest absolute Gasteiger partial charge is 0.455 e. The molecule has 0 fully saturated rings. The van der Waals surface area contributed by atoms with Gasteiger partial charge in [-0.3, -0.25) is 0 Å². The monoisotopic (exact) mass is 801 g/mol. The molecule has 0 aliphatic heterocycles. The predicted molar refractivity (Wildman–Crippen MR) is 258 cm³/mol. The fourth-order valence-electron chi connectivity index (χ4n) is 7.44. The molecule has 0 atom stereocenters. The Morgan fingerprint density at radius 1 is 0.377 bits per heavy atom. The molecule has 11 aromatic rings. The van der Waals surface area contributed by atoms with E-state index in [0.717, 1.165) is 16.5 Å². The van der Waals surface area contributed by atoms with E-state index in [1.54, 1.807) is 12.1 Å². The molecule has 0 spiro atoms. The van der Waals surface area contributed by atoms with Crippen LogP contribution >= 0.6 is 0 Å².